The molecule has 0 saturated carbocycles. The fraction of sp³-hybridized carbons (Fsp3) is 0.357. The summed E-state index contributed by atoms with van der Waals surface area (Å²) >= 11 is 1.77. The van der Waals surface area contributed by atoms with Crippen LogP contribution < -0.4 is 16.6 Å². The van der Waals surface area contributed by atoms with E-state index in [0.717, 1.165) is 61.1 Å². The number of fused-ring (bicyclic) bond motifs is 2. The quantitative estimate of drug-likeness (QED) is 0.273. The van der Waals surface area contributed by atoms with Crippen molar-refractivity contribution >= 4 is 28.1 Å². The standard InChI is InChI=1S/C28H33N5O2S/c1-19(28(35)33-13-8-21-10-15-36-25(21)9-14-33)16-26(30-18-29)32-11-6-20(7-12-32)23-17-22-4-2-3-5-24(22)31-27(23)34/h2-5,10,15-17,20,30H,1,6-9,11-14,18,29H2,(H,31,34)/b26-16+. The van der Waals surface area contributed by atoms with Crippen LogP contribution in [0.25, 0.3) is 10.9 Å². The van der Waals surface area contributed by atoms with Crippen LogP contribution in [0.3, 0.4) is 0 Å². The Morgan fingerprint density at radius 1 is 1.14 bits per heavy atom. The molecule has 0 bridgehead atoms. The molecule has 4 heterocycles. The number of H-pyrrole nitrogens is 1. The molecule has 5 rings (SSSR count). The maximum Gasteiger partial charge on any atom is 0.253 e. The van der Waals surface area contributed by atoms with Crippen LogP contribution >= 0.6 is 11.3 Å². The number of likely N-dealkylation sites (tertiary alicyclic amines) is 1. The smallest absolute Gasteiger partial charge is 0.253 e. The van der Waals surface area contributed by atoms with E-state index in [2.05, 4.69) is 33.2 Å². The van der Waals surface area contributed by atoms with E-state index >= 15 is 0 Å². The van der Waals surface area contributed by atoms with Crippen LogP contribution in [0.1, 0.15) is 34.8 Å². The number of rotatable bonds is 6. The Morgan fingerprint density at radius 2 is 1.92 bits per heavy atom. The van der Waals surface area contributed by atoms with Gasteiger partial charge in [0.05, 0.1) is 6.67 Å². The molecule has 2 aliphatic heterocycles. The highest BCUT2D eigenvalue weighted by molar-refractivity contribution is 7.10. The number of amides is 1. The second kappa shape index (κ2) is 10.7. The maximum absolute atomic E-state index is 13.2. The van der Waals surface area contributed by atoms with E-state index < -0.39 is 0 Å². The molecule has 0 unspecified atom stereocenters. The van der Waals surface area contributed by atoms with Crippen molar-refractivity contribution in [1.82, 2.24) is 20.1 Å². The third kappa shape index (κ3) is 5.10. The second-order valence-electron chi connectivity index (χ2n) is 9.50. The third-order valence-electron chi connectivity index (χ3n) is 7.31. The minimum absolute atomic E-state index is 0.00576. The van der Waals surface area contributed by atoms with Crippen molar-refractivity contribution in [2.45, 2.75) is 31.6 Å². The average Bonchev–Trinajstić information content (AvgIpc) is 3.25. The van der Waals surface area contributed by atoms with E-state index in [1.165, 1.54) is 10.4 Å². The summed E-state index contributed by atoms with van der Waals surface area (Å²) < 4.78 is 0. The number of nitrogens with two attached hydrogens (primary N) is 1. The molecule has 36 heavy (non-hydrogen) atoms. The number of piperidine rings is 1. The SMILES string of the molecule is C=C(/C=C(\NCN)N1CCC(c2cc3ccccc3[nH]c2=O)CC1)C(=O)N1CCc2ccsc2CC1. The van der Waals surface area contributed by atoms with Crippen molar-refractivity contribution in [3.05, 3.63) is 92.2 Å². The number of para-hydroxylation sites is 1. The van der Waals surface area contributed by atoms with Gasteiger partial charge in [-0.1, -0.05) is 24.8 Å². The summed E-state index contributed by atoms with van der Waals surface area (Å²) in [5, 5.41) is 6.41. The van der Waals surface area contributed by atoms with Crippen LogP contribution in [0.15, 0.2) is 70.6 Å². The highest BCUT2D eigenvalue weighted by atomic mass is 32.1. The van der Waals surface area contributed by atoms with Crippen LogP contribution in [0, 0.1) is 0 Å². The van der Waals surface area contributed by atoms with Crippen molar-refractivity contribution in [3.8, 4) is 0 Å². The van der Waals surface area contributed by atoms with Gasteiger partial charge in [0.25, 0.3) is 11.5 Å². The Kier molecular flexibility index (Phi) is 7.25. The van der Waals surface area contributed by atoms with Crippen LogP contribution in [-0.4, -0.2) is 53.5 Å². The number of aromatic amines is 1. The van der Waals surface area contributed by atoms with Crippen LogP contribution in [0.5, 0.6) is 0 Å². The number of carbonyl (C=O) groups is 1. The molecule has 1 amide bonds. The van der Waals surface area contributed by atoms with Gasteiger partial charge in [-0.15, -0.1) is 11.3 Å². The lowest BCUT2D eigenvalue weighted by Gasteiger charge is -2.35. The van der Waals surface area contributed by atoms with Crippen molar-refractivity contribution in [2.75, 3.05) is 32.8 Å². The molecule has 1 fully saturated rings. The number of carbonyl (C=O) groups excluding carboxylic acids is 1. The first-order valence-electron chi connectivity index (χ1n) is 12.6. The van der Waals surface area contributed by atoms with Crippen molar-refractivity contribution in [3.63, 3.8) is 0 Å². The summed E-state index contributed by atoms with van der Waals surface area (Å²) in [5.41, 5.74) is 9.36. The van der Waals surface area contributed by atoms with Gasteiger partial charge >= 0.3 is 0 Å². The Hall–Kier alpha value is -3.36. The molecule has 0 spiro atoms. The van der Waals surface area contributed by atoms with Crippen molar-refractivity contribution in [1.29, 1.82) is 0 Å². The molecule has 7 nitrogen and oxygen atoms in total. The first kappa shape index (κ1) is 24.3. The van der Waals surface area contributed by atoms with Crippen molar-refractivity contribution in [2.24, 2.45) is 5.73 Å². The molecule has 8 heteroatoms. The predicted molar refractivity (Wildman–Crippen MR) is 146 cm³/mol. The number of pyridine rings is 1. The van der Waals surface area contributed by atoms with Gasteiger partial charge in [-0.25, -0.2) is 0 Å². The van der Waals surface area contributed by atoms with Crippen molar-refractivity contribution < 1.29 is 4.79 Å². The Bertz CT molecular complexity index is 1330. The normalized spacial score (nSPS) is 17.1. The number of hydrogen-bond donors (Lipinski definition) is 3. The van der Waals surface area contributed by atoms with E-state index in [0.29, 0.717) is 18.7 Å². The van der Waals surface area contributed by atoms with Gasteiger partial charge in [0.1, 0.15) is 5.82 Å². The molecule has 4 N–H and O–H groups in total. The molecule has 1 saturated heterocycles. The summed E-state index contributed by atoms with van der Waals surface area (Å²) in [6.07, 6.45) is 5.31. The first-order valence-corrected chi connectivity index (χ1v) is 13.5. The fourth-order valence-corrected chi connectivity index (χ4v) is 6.23. The largest absolute Gasteiger partial charge is 0.359 e. The first-order chi connectivity index (χ1) is 17.5. The lowest BCUT2D eigenvalue weighted by molar-refractivity contribution is -0.126. The van der Waals surface area contributed by atoms with E-state index in [4.69, 9.17) is 5.73 Å². The lowest BCUT2D eigenvalue weighted by Crippen LogP contribution is -2.40. The molecule has 1 aromatic carbocycles. The lowest BCUT2D eigenvalue weighted by atomic mass is 9.89. The van der Waals surface area contributed by atoms with Gasteiger partial charge in [0, 0.05) is 47.7 Å². The summed E-state index contributed by atoms with van der Waals surface area (Å²) in [4.78, 5) is 34.5. The molecule has 0 atom stereocenters. The van der Waals surface area contributed by atoms with Gasteiger partial charge < -0.3 is 25.8 Å². The Morgan fingerprint density at radius 3 is 2.72 bits per heavy atom. The molecule has 188 valence electrons. The molecule has 0 radical (unpaired) electrons. The van der Waals surface area contributed by atoms with Crippen LogP contribution in [0.2, 0.25) is 0 Å². The number of benzene rings is 1. The van der Waals surface area contributed by atoms with Crippen LogP contribution in [0.4, 0.5) is 0 Å². The Balaban J connectivity index is 1.25. The van der Waals surface area contributed by atoms with Crippen LogP contribution in [-0.2, 0) is 17.6 Å². The van der Waals surface area contributed by atoms with E-state index in [9.17, 15) is 9.59 Å². The summed E-state index contributed by atoms with van der Waals surface area (Å²) in [5.74, 6) is 0.978. The summed E-state index contributed by atoms with van der Waals surface area (Å²) in [6, 6.07) is 12.1. The fourth-order valence-electron chi connectivity index (χ4n) is 5.30. The number of aromatic nitrogens is 1. The van der Waals surface area contributed by atoms with Gasteiger partial charge in [-0.2, -0.15) is 0 Å². The zero-order chi connectivity index (χ0) is 25.1. The van der Waals surface area contributed by atoms with E-state index in [1.54, 1.807) is 11.3 Å². The number of nitrogens with zero attached hydrogens (tertiary/aromatic N) is 2. The molecule has 2 aliphatic rings. The minimum atomic E-state index is -0.0286. The predicted octanol–water partition coefficient (Wildman–Crippen LogP) is 3.30. The molecule has 3 aromatic rings. The van der Waals surface area contributed by atoms with Gasteiger partial charge in [-0.3, -0.25) is 9.59 Å². The second-order valence-corrected chi connectivity index (χ2v) is 10.5. The van der Waals surface area contributed by atoms with Gasteiger partial charge in [0.15, 0.2) is 0 Å². The molecule has 2 aromatic heterocycles. The van der Waals surface area contributed by atoms with Gasteiger partial charge in [0.2, 0.25) is 0 Å². The number of nitrogens with one attached hydrogen (secondary N) is 2. The maximum atomic E-state index is 13.2. The molecule has 0 aliphatic carbocycles. The van der Waals surface area contributed by atoms with Gasteiger partial charge in [-0.05, 0) is 72.2 Å². The third-order valence-corrected chi connectivity index (χ3v) is 8.33. The summed E-state index contributed by atoms with van der Waals surface area (Å²) in [7, 11) is 0. The number of thiophene rings is 1. The zero-order valence-corrected chi connectivity index (χ0v) is 21.3. The molecular weight excluding hydrogens is 470 g/mol. The molecular formula is C28H33N5O2S. The van der Waals surface area contributed by atoms with E-state index in [1.807, 2.05) is 41.3 Å². The monoisotopic (exact) mass is 503 g/mol. The topological polar surface area (TPSA) is 94.5 Å². The highest BCUT2D eigenvalue weighted by Gasteiger charge is 2.25. The van der Waals surface area contributed by atoms with E-state index in [-0.39, 0.29) is 24.1 Å². The minimum Gasteiger partial charge on any atom is -0.359 e. The Labute approximate surface area is 215 Å². The average molecular weight is 504 g/mol. The zero-order valence-electron chi connectivity index (χ0n) is 20.5. The number of hydrogen-bond acceptors (Lipinski definition) is 6. The summed E-state index contributed by atoms with van der Waals surface area (Å²) in [6.45, 7) is 7.32. The highest BCUT2D eigenvalue weighted by Crippen LogP contribution is 2.29.